The molecule has 0 aliphatic rings. The van der Waals surface area contributed by atoms with E-state index in [0.29, 0.717) is 5.01 Å². The summed E-state index contributed by atoms with van der Waals surface area (Å²) in [7, 11) is 0. The Labute approximate surface area is 163 Å². The van der Waals surface area contributed by atoms with Gasteiger partial charge in [-0.05, 0) is 36.4 Å². The highest BCUT2D eigenvalue weighted by atomic mass is 32.1. The second-order valence-corrected chi connectivity index (χ2v) is 8.07. The van der Waals surface area contributed by atoms with Crippen LogP contribution in [0.3, 0.4) is 0 Å². The number of carbonyl (C=O) groups is 1. The number of fused-ring (bicyclic) bond motifs is 2. The first-order chi connectivity index (χ1) is 13.3. The monoisotopic (exact) mass is 387 g/mol. The van der Waals surface area contributed by atoms with E-state index in [0.717, 1.165) is 36.7 Å². The lowest BCUT2D eigenvalue weighted by molar-refractivity contribution is 0.102. The Morgan fingerprint density at radius 1 is 0.778 bits per heavy atom. The van der Waals surface area contributed by atoms with Crippen molar-refractivity contribution in [3.63, 3.8) is 0 Å². The SMILES string of the molecule is O=C(Nc1cccc(-c2nc3ccccc3s2)c1)c1nc2ccccc2s1. The standard InChI is InChI=1S/C21H13N3OS2/c25-19(21-24-16-9-2-4-11-18(16)27-21)22-14-7-5-6-13(12-14)20-23-15-8-1-3-10-17(15)26-20/h1-12H,(H,22,25). The third-order valence-corrected chi connectivity index (χ3v) is 6.27. The third-order valence-electron chi connectivity index (χ3n) is 4.15. The highest BCUT2D eigenvalue weighted by molar-refractivity contribution is 7.21. The number of para-hydroxylation sites is 2. The lowest BCUT2D eigenvalue weighted by Gasteiger charge is -2.04. The van der Waals surface area contributed by atoms with E-state index in [1.165, 1.54) is 11.3 Å². The number of hydrogen-bond acceptors (Lipinski definition) is 5. The second kappa shape index (κ2) is 6.57. The lowest BCUT2D eigenvalue weighted by Crippen LogP contribution is -2.11. The maximum atomic E-state index is 12.6. The van der Waals surface area contributed by atoms with Crippen LogP contribution in [0.5, 0.6) is 0 Å². The summed E-state index contributed by atoms with van der Waals surface area (Å²) < 4.78 is 2.15. The number of nitrogens with one attached hydrogen (secondary N) is 1. The van der Waals surface area contributed by atoms with Gasteiger partial charge in [0.05, 0.1) is 20.4 Å². The topological polar surface area (TPSA) is 54.9 Å². The molecule has 0 saturated heterocycles. The minimum atomic E-state index is -0.197. The molecule has 1 N–H and O–H groups in total. The number of carbonyl (C=O) groups excluding carboxylic acids is 1. The van der Waals surface area contributed by atoms with Crippen LogP contribution in [-0.2, 0) is 0 Å². The molecule has 5 aromatic rings. The summed E-state index contributed by atoms with van der Waals surface area (Å²) in [5.74, 6) is -0.197. The van der Waals surface area contributed by atoms with Gasteiger partial charge in [-0.1, -0.05) is 36.4 Å². The van der Waals surface area contributed by atoms with Gasteiger partial charge in [0.1, 0.15) is 5.01 Å². The summed E-state index contributed by atoms with van der Waals surface area (Å²) in [6.45, 7) is 0. The van der Waals surface area contributed by atoms with Gasteiger partial charge in [0.25, 0.3) is 5.91 Å². The van der Waals surface area contributed by atoms with E-state index in [-0.39, 0.29) is 5.91 Å². The largest absolute Gasteiger partial charge is 0.320 e. The smallest absolute Gasteiger partial charge is 0.284 e. The number of benzene rings is 3. The van der Waals surface area contributed by atoms with Crippen molar-refractivity contribution >= 4 is 54.7 Å². The number of amides is 1. The molecule has 0 saturated carbocycles. The summed E-state index contributed by atoms with van der Waals surface area (Å²) in [5, 5.41) is 4.35. The summed E-state index contributed by atoms with van der Waals surface area (Å²) >= 11 is 3.04. The molecule has 3 aromatic carbocycles. The fourth-order valence-electron chi connectivity index (χ4n) is 2.88. The Kier molecular flexibility index (Phi) is 3.92. The summed E-state index contributed by atoms with van der Waals surface area (Å²) in [4.78, 5) is 21.7. The number of hydrogen-bond donors (Lipinski definition) is 1. The van der Waals surface area contributed by atoms with Crippen LogP contribution < -0.4 is 5.32 Å². The van der Waals surface area contributed by atoms with Crippen LogP contribution in [0, 0.1) is 0 Å². The fourth-order valence-corrected chi connectivity index (χ4v) is 4.70. The van der Waals surface area contributed by atoms with Crippen LogP contribution in [0.15, 0.2) is 72.8 Å². The molecule has 2 aromatic heterocycles. The van der Waals surface area contributed by atoms with E-state index < -0.39 is 0 Å². The van der Waals surface area contributed by atoms with E-state index in [1.807, 2.05) is 66.7 Å². The highest BCUT2D eigenvalue weighted by Crippen LogP contribution is 2.31. The van der Waals surface area contributed by atoms with E-state index in [9.17, 15) is 4.79 Å². The van der Waals surface area contributed by atoms with Crippen molar-refractivity contribution in [1.29, 1.82) is 0 Å². The first-order valence-corrected chi connectivity index (χ1v) is 10.0. The van der Waals surface area contributed by atoms with E-state index >= 15 is 0 Å². The van der Waals surface area contributed by atoms with Crippen LogP contribution in [0.1, 0.15) is 9.80 Å². The van der Waals surface area contributed by atoms with Crippen LogP contribution in [0.2, 0.25) is 0 Å². The Hall–Kier alpha value is -3.09. The number of rotatable bonds is 3. The first-order valence-electron chi connectivity index (χ1n) is 8.39. The van der Waals surface area contributed by atoms with Gasteiger partial charge in [0.15, 0.2) is 5.01 Å². The Morgan fingerprint density at radius 2 is 1.48 bits per heavy atom. The number of thiazole rings is 2. The molecule has 1 amide bonds. The average molecular weight is 387 g/mol. The quantitative estimate of drug-likeness (QED) is 0.424. The molecule has 27 heavy (non-hydrogen) atoms. The Bertz CT molecular complexity index is 1220. The fraction of sp³-hybridized carbons (Fsp3) is 0. The van der Waals surface area contributed by atoms with Gasteiger partial charge in [0.2, 0.25) is 0 Å². The number of anilines is 1. The zero-order valence-electron chi connectivity index (χ0n) is 14.0. The van der Waals surface area contributed by atoms with Gasteiger partial charge >= 0.3 is 0 Å². The van der Waals surface area contributed by atoms with Gasteiger partial charge in [-0.25, -0.2) is 9.97 Å². The van der Waals surface area contributed by atoms with Crippen molar-refractivity contribution in [1.82, 2.24) is 9.97 Å². The lowest BCUT2D eigenvalue weighted by atomic mass is 10.2. The summed E-state index contributed by atoms with van der Waals surface area (Å²) in [6.07, 6.45) is 0. The van der Waals surface area contributed by atoms with Crippen LogP contribution in [0.25, 0.3) is 31.0 Å². The van der Waals surface area contributed by atoms with Gasteiger partial charge in [-0.2, -0.15) is 0 Å². The zero-order valence-corrected chi connectivity index (χ0v) is 15.7. The third kappa shape index (κ3) is 3.09. The molecule has 0 fully saturated rings. The predicted octanol–water partition coefficient (Wildman–Crippen LogP) is 5.83. The minimum absolute atomic E-state index is 0.197. The zero-order chi connectivity index (χ0) is 18.2. The molecule has 2 heterocycles. The molecule has 0 aliphatic carbocycles. The average Bonchev–Trinajstić information content (AvgIpc) is 3.32. The van der Waals surface area contributed by atoms with Crippen molar-refractivity contribution in [3.8, 4) is 10.6 Å². The minimum Gasteiger partial charge on any atom is -0.320 e. The molecule has 4 nitrogen and oxygen atoms in total. The molecule has 0 bridgehead atoms. The predicted molar refractivity (Wildman–Crippen MR) is 113 cm³/mol. The number of nitrogens with zero attached hydrogens (tertiary/aromatic N) is 2. The van der Waals surface area contributed by atoms with Crippen LogP contribution in [0.4, 0.5) is 5.69 Å². The molecular formula is C21H13N3OS2. The summed E-state index contributed by atoms with van der Waals surface area (Å²) in [5.41, 5.74) is 3.55. The maximum absolute atomic E-state index is 12.6. The molecule has 0 atom stereocenters. The number of aromatic nitrogens is 2. The first kappa shape index (κ1) is 16.1. The van der Waals surface area contributed by atoms with E-state index in [1.54, 1.807) is 11.3 Å². The van der Waals surface area contributed by atoms with Gasteiger partial charge in [0, 0.05) is 11.3 Å². The van der Waals surface area contributed by atoms with E-state index in [4.69, 9.17) is 0 Å². The summed E-state index contributed by atoms with van der Waals surface area (Å²) in [6, 6.07) is 23.6. The molecule has 6 heteroatoms. The molecular weight excluding hydrogens is 374 g/mol. The molecule has 0 unspecified atom stereocenters. The van der Waals surface area contributed by atoms with Gasteiger partial charge in [-0.15, -0.1) is 22.7 Å². The Balaban J connectivity index is 1.43. The van der Waals surface area contributed by atoms with E-state index in [2.05, 4.69) is 21.4 Å². The van der Waals surface area contributed by atoms with Crippen molar-refractivity contribution in [2.45, 2.75) is 0 Å². The molecule has 130 valence electrons. The maximum Gasteiger partial charge on any atom is 0.284 e. The highest BCUT2D eigenvalue weighted by Gasteiger charge is 2.13. The molecule has 0 spiro atoms. The second-order valence-electron chi connectivity index (χ2n) is 6.01. The van der Waals surface area contributed by atoms with Crippen LogP contribution >= 0.6 is 22.7 Å². The normalized spacial score (nSPS) is 11.1. The van der Waals surface area contributed by atoms with Crippen LogP contribution in [-0.4, -0.2) is 15.9 Å². The van der Waals surface area contributed by atoms with Gasteiger partial charge < -0.3 is 5.32 Å². The Morgan fingerprint density at radius 3 is 2.22 bits per heavy atom. The molecule has 5 rings (SSSR count). The van der Waals surface area contributed by atoms with Gasteiger partial charge in [-0.3, -0.25) is 4.79 Å². The van der Waals surface area contributed by atoms with Crippen molar-refractivity contribution in [2.75, 3.05) is 5.32 Å². The van der Waals surface area contributed by atoms with Crippen molar-refractivity contribution in [2.24, 2.45) is 0 Å². The van der Waals surface area contributed by atoms with Crippen molar-refractivity contribution in [3.05, 3.63) is 77.8 Å². The van der Waals surface area contributed by atoms with Crippen molar-refractivity contribution < 1.29 is 4.79 Å². The molecule has 0 radical (unpaired) electrons. The molecule has 0 aliphatic heterocycles.